The number of nitrogens with one attached hydrogen (secondary N) is 1. The summed E-state index contributed by atoms with van der Waals surface area (Å²) in [6, 6.07) is 0. The molecule has 0 spiro atoms. The van der Waals surface area contributed by atoms with Crippen molar-refractivity contribution < 1.29 is 9.63 Å². The third-order valence-electron chi connectivity index (χ3n) is 1.09. The monoisotopic (exact) mass is 151 g/mol. The number of halogens is 1. The number of carbonyl (C=O) groups excluding carboxylic acids is 1. The minimum absolute atomic E-state index is 0. The first kappa shape index (κ1) is 8.72. The number of amides is 1. The molecule has 1 aliphatic heterocycles. The number of hydroxylamine groups is 1. The SMILES string of the molecule is Cl.O=C1CCCCON1. The molecular weight excluding hydrogens is 142 g/mol. The molecule has 0 aromatic heterocycles. The van der Waals surface area contributed by atoms with Crippen LogP contribution in [0.15, 0.2) is 0 Å². The maximum Gasteiger partial charge on any atom is 0.243 e. The second-order valence-electron chi connectivity index (χ2n) is 1.83. The van der Waals surface area contributed by atoms with Crippen LogP contribution in [0.1, 0.15) is 19.3 Å². The number of rotatable bonds is 0. The summed E-state index contributed by atoms with van der Waals surface area (Å²) >= 11 is 0. The van der Waals surface area contributed by atoms with E-state index >= 15 is 0 Å². The van der Waals surface area contributed by atoms with Crippen molar-refractivity contribution in [2.45, 2.75) is 19.3 Å². The van der Waals surface area contributed by atoms with Crippen LogP contribution in [0, 0.1) is 0 Å². The van der Waals surface area contributed by atoms with Gasteiger partial charge in [-0.15, -0.1) is 12.4 Å². The molecule has 0 aromatic rings. The molecule has 0 unspecified atom stereocenters. The highest BCUT2D eigenvalue weighted by atomic mass is 35.5. The molecule has 9 heavy (non-hydrogen) atoms. The van der Waals surface area contributed by atoms with Gasteiger partial charge in [0.15, 0.2) is 0 Å². The molecule has 1 heterocycles. The fourth-order valence-electron chi connectivity index (χ4n) is 0.642. The third-order valence-corrected chi connectivity index (χ3v) is 1.09. The van der Waals surface area contributed by atoms with E-state index in [0.717, 1.165) is 12.8 Å². The Hall–Kier alpha value is -0.280. The van der Waals surface area contributed by atoms with Crippen LogP contribution in [0.4, 0.5) is 0 Å². The molecule has 1 aliphatic rings. The molecule has 4 heteroatoms. The Labute approximate surface area is 60.1 Å². The first-order chi connectivity index (χ1) is 3.89. The van der Waals surface area contributed by atoms with Crippen LogP contribution in [0.25, 0.3) is 0 Å². The Morgan fingerprint density at radius 1 is 1.44 bits per heavy atom. The Morgan fingerprint density at radius 3 is 3.00 bits per heavy atom. The molecule has 1 N–H and O–H groups in total. The Balaban J connectivity index is 0.000000640. The highest BCUT2D eigenvalue weighted by Crippen LogP contribution is 1.98. The number of hydrogen-bond acceptors (Lipinski definition) is 2. The summed E-state index contributed by atoms with van der Waals surface area (Å²) in [7, 11) is 0. The summed E-state index contributed by atoms with van der Waals surface area (Å²) in [6.45, 7) is 0.658. The van der Waals surface area contributed by atoms with Crippen LogP contribution in [-0.4, -0.2) is 12.5 Å². The lowest BCUT2D eigenvalue weighted by Gasteiger charge is -1.95. The zero-order valence-electron chi connectivity index (χ0n) is 5.05. The molecule has 54 valence electrons. The molecule has 1 rings (SSSR count). The molecule has 3 nitrogen and oxygen atoms in total. The van der Waals surface area contributed by atoms with Crippen molar-refractivity contribution in [3.8, 4) is 0 Å². The molecule has 0 saturated carbocycles. The number of carbonyl (C=O) groups is 1. The fourth-order valence-corrected chi connectivity index (χ4v) is 0.642. The maximum absolute atomic E-state index is 10.4. The second kappa shape index (κ2) is 4.58. The van der Waals surface area contributed by atoms with Crippen molar-refractivity contribution >= 4 is 18.3 Å². The van der Waals surface area contributed by atoms with Gasteiger partial charge in [-0.3, -0.25) is 9.63 Å². The average molecular weight is 152 g/mol. The van der Waals surface area contributed by atoms with E-state index in [1.165, 1.54) is 0 Å². The normalized spacial score (nSPS) is 19.3. The smallest absolute Gasteiger partial charge is 0.243 e. The molecule has 0 atom stereocenters. The van der Waals surface area contributed by atoms with Crippen molar-refractivity contribution in [1.29, 1.82) is 0 Å². The summed E-state index contributed by atoms with van der Waals surface area (Å²) in [5.74, 6) is 0.00231. The van der Waals surface area contributed by atoms with E-state index < -0.39 is 0 Å². The van der Waals surface area contributed by atoms with Gasteiger partial charge in [0.05, 0.1) is 6.61 Å². The summed E-state index contributed by atoms with van der Waals surface area (Å²) in [5, 5.41) is 0. The van der Waals surface area contributed by atoms with Crippen LogP contribution >= 0.6 is 12.4 Å². The summed E-state index contributed by atoms with van der Waals surface area (Å²) in [6.07, 6.45) is 2.55. The maximum atomic E-state index is 10.4. The van der Waals surface area contributed by atoms with Crippen LogP contribution in [0.5, 0.6) is 0 Å². The first-order valence-corrected chi connectivity index (χ1v) is 2.80. The highest BCUT2D eigenvalue weighted by molar-refractivity contribution is 5.85. The van der Waals surface area contributed by atoms with Gasteiger partial charge in [-0.2, -0.15) is 0 Å². The van der Waals surface area contributed by atoms with E-state index in [9.17, 15) is 4.79 Å². The van der Waals surface area contributed by atoms with Crippen LogP contribution in [0.3, 0.4) is 0 Å². The van der Waals surface area contributed by atoms with Gasteiger partial charge in [-0.05, 0) is 12.8 Å². The molecule has 1 amide bonds. The standard InChI is InChI=1S/C5H9NO2.ClH/c7-5-3-1-2-4-8-6-5;/h1-4H2,(H,6,7);1H. The second-order valence-corrected chi connectivity index (χ2v) is 1.83. The Kier molecular flexibility index (Phi) is 4.44. The van der Waals surface area contributed by atoms with E-state index in [0.29, 0.717) is 13.0 Å². The predicted octanol–water partition coefficient (Wildman–Crippen LogP) is 0.640. The fraction of sp³-hybridized carbons (Fsp3) is 0.800. The largest absolute Gasteiger partial charge is 0.274 e. The van der Waals surface area contributed by atoms with Gasteiger partial charge in [-0.1, -0.05) is 0 Å². The predicted molar refractivity (Wildman–Crippen MR) is 35.2 cm³/mol. The molecule has 0 aromatic carbocycles. The highest BCUT2D eigenvalue weighted by Gasteiger charge is 2.04. The zero-order chi connectivity index (χ0) is 5.82. The lowest BCUT2D eigenvalue weighted by molar-refractivity contribution is -0.131. The van der Waals surface area contributed by atoms with E-state index in [1.54, 1.807) is 0 Å². The third kappa shape index (κ3) is 3.32. The zero-order valence-corrected chi connectivity index (χ0v) is 5.87. The molecule has 1 saturated heterocycles. The van der Waals surface area contributed by atoms with Gasteiger partial charge >= 0.3 is 0 Å². The Morgan fingerprint density at radius 2 is 2.22 bits per heavy atom. The molecule has 0 aliphatic carbocycles. The molecule has 1 fully saturated rings. The summed E-state index contributed by atoms with van der Waals surface area (Å²) < 4.78 is 0. The topological polar surface area (TPSA) is 38.3 Å². The van der Waals surface area contributed by atoms with Crippen LogP contribution < -0.4 is 5.48 Å². The van der Waals surface area contributed by atoms with Crippen LogP contribution in [-0.2, 0) is 9.63 Å². The minimum atomic E-state index is 0. The lowest BCUT2D eigenvalue weighted by atomic mass is 10.2. The van der Waals surface area contributed by atoms with Gasteiger partial charge in [0.2, 0.25) is 5.91 Å². The van der Waals surface area contributed by atoms with Gasteiger partial charge < -0.3 is 0 Å². The average Bonchev–Trinajstić information content (AvgIpc) is 1.94. The van der Waals surface area contributed by atoms with Gasteiger partial charge in [0.1, 0.15) is 0 Å². The lowest BCUT2D eigenvalue weighted by Crippen LogP contribution is -2.20. The summed E-state index contributed by atoms with van der Waals surface area (Å²) in [4.78, 5) is 15.2. The van der Waals surface area contributed by atoms with Gasteiger partial charge in [-0.25, -0.2) is 5.48 Å². The quantitative estimate of drug-likeness (QED) is 0.552. The number of hydrogen-bond donors (Lipinski definition) is 1. The molecule has 0 radical (unpaired) electrons. The van der Waals surface area contributed by atoms with Crippen molar-refractivity contribution in [2.75, 3.05) is 6.61 Å². The van der Waals surface area contributed by atoms with E-state index in [2.05, 4.69) is 5.48 Å². The minimum Gasteiger partial charge on any atom is -0.274 e. The van der Waals surface area contributed by atoms with Crippen molar-refractivity contribution in [3.05, 3.63) is 0 Å². The molecular formula is C5H10ClNO2. The van der Waals surface area contributed by atoms with E-state index in [4.69, 9.17) is 4.84 Å². The van der Waals surface area contributed by atoms with E-state index in [-0.39, 0.29) is 18.3 Å². The molecule has 0 bridgehead atoms. The Bertz CT molecular complexity index is 87.0. The van der Waals surface area contributed by atoms with Crippen molar-refractivity contribution in [2.24, 2.45) is 0 Å². The van der Waals surface area contributed by atoms with Gasteiger partial charge in [0, 0.05) is 6.42 Å². The van der Waals surface area contributed by atoms with E-state index in [1.807, 2.05) is 0 Å². The van der Waals surface area contributed by atoms with Crippen molar-refractivity contribution in [3.63, 3.8) is 0 Å². The van der Waals surface area contributed by atoms with Crippen molar-refractivity contribution in [1.82, 2.24) is 5.48 Å². The van der Waals surface area contributed by atoms with Crippen LogP contribution in [0.2, 0.25) is 0 Å². The first-order valence-electron chi connectivity index (χ1n) is 2.80. The summed E-state index contributed by atoms with van der Waals surface area (Å²) in [5.41, 5.74) is 2.31. The van der Waals surface area contributed by atoms with Gasteiger partial charge in [0.25, 0.3) is 0 Å².